The van der Waals surface area contributed by atoms with E-state index >= 15 is 0 Å². The number of carbonyl (C=O) groups excluding carboxylic acids is 3. The number of esters is 3. The van der Waals surface area contributed by atoms with Gasteiger partial charge in [0.25, 0.3) is 0 Å². The summed E-state index contributed by atoms with van der Waals surface area (Å²) in [7, 11) is 0. The molecule has 0 aliphatic rings. The summed E-state index contributed by atoms with van der Waals surface area (Å²) >= 11 is 0. The van der Waals surface area contributed by atoms with Gasteiger partial charge in [0.2, 0.25) is 0 Å². The van der Waals surface area contributed by atoms with Crippen LogP contribution in [-0.2, 0) is 28.6 Å². The zero-order chi connectivity index (χ0) is 54.3. The van der Waals surface area contributed by atoms with Crippen molar-refractivity contribution in [3.8, 4) is 0 Å². The second-order valence-corrected chi connectivity index (χ2v) is 23.5. The number of hydrogen-bond acceptors (Lipinski definition) is 6. The summed E-state index contributed by atoms with van der Waals surface area (Å²) in [5, 5.41) is 0. The molecule has 6 heteroatoms. The van der Waals surface area contributed by atoms with Crippen LogP contribution < -0.4 is 0 Å². The number of ether oxygens (including phenoxy) is 3. The van der Waals surface area contributed by atoms with E-state index in [-0.39, 0.29) is 31.1 Å². The minimum Gasteiger partial charge on any atom is -0.462 e. The van der Waals surface area contributed by atoms with Gasteiger partial charge in [0.05, 0.1) is 0 Å². The number of carbonyl (C=O) groups is 3. The third-order valence-corrected chi connectivity index (χ3v) is 15.8. The van der Waals surface area contributed by atoms with Crippen molar-refractivity contribution in [2.45, 2.75) is 399 Å². The molecule has 75 heavy (non-hydrogen) atoms. The second kappa shape index (κ2) is 64.7. The lowest BCUT2D eigenvalue weighted by Gasteiger charge is -2.18. The van der Waals surface area contributed by atoms with Crippen molar-refractivity contribution in [1.82, 2.24) is 0 Å². The fraction of sp³-hybridized carbons (Fsp3) is 0.928. The van der Waals surface area contributed by atoms with Crippen molar-refractivity contribution in [2.24, 2.45) is 0 Å². The van der Waals surface area contributed by atoms with Crippen LogP contribution in [0.25, 0.3) is 0 Å². The fourth-order valence-electron chi connectivity index (χ4n) is 10.6. The molecular formula is C69H132O6. The molecule has 0 aromatic carbocycles. The Kier molecular flexibility index (Phi) is 63.1. The Morgan fingerprint density at radius 1 is 0.253 bits per heavy atom. The van der Waals surface area contributed by atoms with Gasteiger partial charge < -0.3 is 14.2 Å². The van der Waals surface area contributed by atoms with E-state index in [2.05, 4.69) is 32.9 Å². The quantitative estimate of drug-likeness (QED) is 0.0261. The maximum absolute atomic E-state index is 12.9. The van der Waals surface area contributed by atoms with Gasteiger partial charge in [0, 0.05) is 19.3 Å². The van der Waals surface area contributed by atoms with Crippen LogP contribution in [0.1, 0.15) is 393 Å². The molecule has 0 aromatic rings. The fourth-order valence-corrected chi connectivity index (χ4v) is 10.6. The first-order valence-corrected chi connectivity index (χ1v) is 34.2. The number of allylic oxidation sites excluding steroid dienone is 2. The average Bonchev–Trinajstić information content (AvgIpc) is 3.41. The molecule has 6 nitrogen and oxygen atoms in total. The Hall–Kier alpha value is -1.85. The largest absolute Gasteiger partial charge is 0.462 e. The van der Waals surface area contributed by atoms with Crippen LogP contribution in [0.5, 0.6) is 0 Å². The highest BCUT2D eigenvalue weighted by atomic mass is 16.6. The van der Waals surface area contributed by atoms with Crippen molar-refractivity contribution in [3.05, 3.63) is 12.2 Å². The minimum atomic E-state index is -0.766. The molecule has 0 heterocycles. The topological polar surface area (TPSA) is 78.9 Å². The van der Waals surface area contributed by atoms with Gasteiger partial charge in [-0.3, -0.25) is 14.4 Å². The minimum absolute atomic E-state index is 0.0631. The summed E-state index contributed by atoms with van der Waals surface area (Å²) < 4.78 is 17.0. The summed E-state index contributed by atoms with van der Waals surface area (Å²) in [6.45, 7) is 6.72. The highest BCUT2D eigenvalue weighted by molar-refractivity contribution is 5.71. The van der Waals surface area contributed by atoms with E-state index in [1.165, 1.54) is 295 Å². The molecule has 0 saturated heterocycles. The molecule has 0 aliphatic carbocycles. The van der Waals surface area contributed by atoms with Crippen LogP contribution in [0, 0.1) is 0 Å². The molecule has 444 valence electrons. The Balaban J connectivity index is 4.23. The lowest BCUT2D eigenvalue weighted by atomic mass is 10.0. The van der Waals surface area contributed by atoms with Crippen molar-refractivity contribution >= 4 is 17.9 Å². The van der Waals surface area contributed by atoms with Crippen LogP contribution >= 0.6 is 0 Å². The molecule has 0 amide bonds. The summed E-state index contributed by atoms with van der Waals surface area (Å²) in [6, 6.07) is 0. The monoisotopic (exact) mass is 1060 g/mol. The summed E-state index contributed by atoms with van der Waals surface area (Å²) in [6.07, 6.45) is 76.6. The van der Waals surface area contributed by atoms with Crippen LogP contribution in [0.15, 0.2) is 12.2 Å². The standard InChI is InChI=1S/C69H132O6/c1-4-7-10-13-16-19-22-25-27-29-31-33-34-36-37-39-41-44-47-50-53-56-59-62-68(71)74-65-66(64-73-67(70)61-58-55-52-49-46-43-24-21-18-15-12-9-6-3)75-69(72)63-60-57-54-51-48-45-42-40-38-35-32-30-28-26-23-20-17-14-11-8-5-2/h29,31,66H,4-28,30,32-65H2,1-3H3/b31-29-. The Labute approximate surface area is 469 Å². The normalized spacial score (nSPS) is 12.0. The van der Waals surface area contributed by atoms with E-state index in [0.717, 1.165) is 57.8 Å². The molecule has 0 N–H and O–H groups in total. The Morgan fingerprint density at radius 3 is 0.667 bits per heavy atom. The molecule has 0 saturated carbocycles. The maximum atomic E-state index is 12.9. The van der Waals surface area contributed by atoms with Gasteiger partial charge in [-0.1, -0.05) is 341 Å². The average molecular weight is 1060 g/mol. The number of rotatable bonds is 64. The van der Waals surface area contributed by atoms with E-state index in [0.29, 0.717) is 19.3 Å². The lowest BCUT2D eigenvalue weighted by molar-refractivity contribution is -0.167. The smallest absolute Gasteiger partial charge is 0.306 e. The molecule has 1 unspecified atom stereocenters. The Morgan fingerprint density at radius 2 is 0.440 bits per heavy atom. The third-order valence-electron chi connectivity index (χ3n) is 15.8. The van der Waals surface area contributed by atoms with Crippen molar-refractivity contribution in [1.29, 1.82) is 0 Å². The number of unbranched alkanes of at least 4 members (excludes halogenated alkanes) is 51. The molecule has 0 rings (SSSR count). The summed E-state index contributed by atoms with van der Waals surface area (Å²) in [5.41, 5.74) is 0. The molecule has 0 aliphatic heterocycles. The van der Waals surface area contributed by atoms with Crippen LogP contribution in [0.4, 0.5) is 0 Å². The van der Waals surface area contributed by atoms with Crippen LogP contribution in [-0.4, -0.2) is 37.2 Å². The first kappa shape index (κ1) is 73.2. The molecule has 0 radical (unpaired) electrons. The zero-order valence-corrected chi connectivity index (χ0v) is 51.1. The first-order chi connectivity index (χ1) is 37.0. The van der Waals surface area contributed by atoms with Gasteiger partial charge >= 0.3 is 17.9 Å². The Bertz CT molecular complexity index is 1170. The van der Waals surface area contributed by atoms with Gasteiger partial charge in [-0.15, -0.1) is 0 Å². The van der Waals surface area contributed by atoms with E-state index in [9.17, 15) is 14.4 Å². The molecule has 0 bridgehead atoms. The van der Waals surface area contributed by atoms with Crippen molar-refractivity contribution in [2.75, 3.05) is 13.2 Å². The predicted molar refractivity (Wildman–Crippen MR) is 326 cm³/mol. The molecule has 0 spiro atoms. The van der Waals surface area contributed by atoms with Gasteiger partial charge in [0.15, 0.2) is 6.10 Å². The molecule has 1 atom stereocenters. The van der Waals surface area contributed by atoms with Crippen molar-refractivity contribution in [3.63, 3.8) is 0 Å². The SMILES string of the molecule is CCCCCCCCCC/C=C\CCCCCCCCCCCCCC(=O)OCC(COC(=O)CCCCCCCCCCCCCCC)OC(=O)CCCCCCCCCCCCCCCCCCCCCCC. The molecular weight excluding hydrogens is 925 g/mol. The highest BCUT2D eigenvalue weighted by Crippen LogP contribution is 2.19. The summed E-state index contributed by atoms with van der Waals surface area (Å²) in [5.74, 6) is -0.830. The highest BCUT2D eigenvalue weighted by Gasteiger charge is 2.19. The second-order valence-electron chi connectivity index (χ2n) is 23.5. The third kappa shape index (κ3) is 62.9. The number of hydrogen-bond donors (Lipinski definition) is 0. The van der Waals surface area contributed by atoms with Crippen molar-refractivity contribution < 1.29 is 28.6 Å². The molecule has 0 fully saturated rings. The van der Waals surface area contributed by atoms with Gasteiger partial charge in [-0.25, -0.2) is 0 Å². The summed E-state index contributed by atoms with van der Waals surface area (Å²) in [4.78, 5) is 38.4. The van der Waals surface area contributed by atoms with E-state index in [1.54, 1.807) is 0 Å². The van der Waals surface area contributed by atoms with Crippen LogP contribution in [0.2, 0.25) is 0 Å². The first-order valence-electron chi connectivity index (χ1n) is 34.2. The molecule has 0 aromatic heterocycles. The van der Waals surface area contributed by atoms with Gasteiger partial charge in [-0.05, 0) is 44.9 Å². The maximum Gasteiger partial charge on any atom is 0.306 e. The van der Waals surface area contributed by atoms with E-state index in [1.807, 2.05) is 0 Å². The predicted octanol–water partition coefficient (Wildman–Crippen LogP) is 23.2. The zero-order valence-electron chi connectivity index (χ0n) is 51.1. The van der Waals surface area contributed by atoms with E-state index in [4.69, 9.17) is 14.2 Å². The van der Waals surface area contributed by atoms with Gasteiger partial charge in [-0.2, -0.15) is 0 Å². The van der Waals surface area contributed by atoms with E-state index < -0.39 is 6.10 Å². The van der Waals surface area contributed by atoms with Crippen LogP contribution in [0.3, 0.4) is 0 Å². The lowest BCUT2D eigenvalue weighted by Crippen LogP contribution is -2.30. The van der Waals surface area contributed by atoms with Gasteiger partial charge in [0.1, 0.15) is 13.2 Å².